The molecule has 146 valence electrons. The normalized spacial score (nSPS) is 15.3. The zero-order valence-electron chi connectivity index (χ0n) is 16.4. The van der Waals surface area contributed by atoms with Gasteiger partial charge in [0.2, 0.25) is 5.95 Å². The van der Waals surface area contributed by atoms with E-state index in [2.05, 4.69) is 67.6 Å². The highest BCUT2D eigenvalue weighted by atomic mass is 15.6. The first-order valence-corrected chi connectivity index (χ1v) is 9.83. The third kappa shape index (κ3) is 4.55. The van der Waals surface area contributed by atoms with Gasteiger partial charge in [0.15, 0.2) is 0 Å². The van der Waals surface area contributed by atoms with Crippen molar-refractivity contribution in [2.24, 2.45) is 0 Å². The van der Waals surface area contributed by atoms with Gasteiger partial charge in [0.05, 0.1) is 5.69 Å². The van der Waals surface area contributed by atoms with Crippen LogP contribution >= 0.6 is 0 Å². The first-order valence-electron chi connectivity index (χ1n) is 9.83. The summed E-state index contributed by atoms with van der Waals surface area (Å²) in [5.41, 5.74) is 2.36. The quantitative estimate of drug-likeness (QED) is 0.627. The van der Waals surface area contributed by atoms with E-state index in [1.807, 2.05) is 35.0 Å². The molecule has 0 atom stereocenters. The van der Waals surface area contributed by atoms with Gasteiger partial charge < -0.3 is 9.80 Å². The molecular weight excluding hydrogens is 350 g/mol. The van der Waals surface area contributed by atoms with E-state index < -0.39 is 0 Å². The predicted octanol–water partition coefficient (Wildman–Crippen LogP) is 1.92. The minimum atomic E-state index is 0.826. The number of rotatable bonds is 7. The van der Waals surface area contributed by atoms with Crippen molar-refractivity contribution in [3.63, 3.8) is 0 Å². The van der Waals surface area contributed by atoms with Crippen LogP contribution in [-0.4, -0.2) is 76.3 Å². The van der Waals surface area contributed by atoms with Crippen LogP contribution < -0.4 is 4.90 Å². The summed E-state index contributed by atoms with van der Waals surface area (Å²) >= 11 is 0. The average molecular weight is 377 g/mol. The van der Waals surface area contributed by atoms with Gasteiger partial charge in [-0.05, 0) is 35.2 Å². The molecule has 3 aromatic rings. The minimum absolute atomic E-state index is 0.826. The summed E-state index contributed by atoms with van der Waals surface area (Å²) in [6.45, 7) is 7.08. The predicted molar refractivity (Wildman–Crippen MR) is 111 cm³/mol. The van der Waals surface area contributed by atoms with Crippen molar-refractivity contribution < 1.29 is 0 Å². The summed E-state index contributed by atoms with van der Waals surface area (Å²) in [6, 6.07) is 20.7. The molecule has 0 amide bonds. The molecule has 4 rings (SSSR count). The van der Waals surface area contributed by atoms with Crippen LogP contribution in [0.1, 0.15) is 5.56 Å². The smallest absolute Gasteiger partial charge is 0.250 e. The Balaban J connectivity index is 1.27. The summed E-state index contributed by atoms with van der Waals surface area (Å²) in [4.78, 5) is 7.18. The fourth-order valence-corrected chi connectivity index (χ4v) is 3.57. The maximum absolute atomic E-state index is 4.26. The van der Waals surface area contributed by atoms with Crippen LogP contribution in [0.2, 0.25) is 0 Å². The zero-order valence-corrected chi connectivity index (χ0v) is 16.4. The molecular formula is C21H27N7. The van der Waals surface area contributed by atoms with Crippen LogP contribution in [0.25, 0.3) is 5.69 Å². The lowest BCUT2D eigenvalue weighted by Crippen LogP contribution is -2.49. The summed E-state index contributed by atoms with van der Waals surface area (Å²) in [6.07, 6.45) is 0. The molecule has 0 spiro atoms. The van der Waals surface area contributed by atoms with Crippen LogP contribution in [0.5, 0.6) is 0 Å². The van der Waals surface area contributed by atoms with Gasteiger partial charge in [0, 0.05) is 45.8 Å². The van der Waals surface area contributed by atoms with Crippen LogP contribution in [-0.2, 0) is 6.54 Å². The fourth-order valence-electron chi connectivity index (χ4n) is 3.57. The van der Waals surface area contributed by atoms with Gasteiger partial charge in [0.1, 0.15) is 0 Å². The van der Waals surface area contributed by atoms with Crippen LogP contribution in [0.15, 0.2) is 60.7 Å². The third-order valence-electron chi connectivity index (χ3n) is 5.20. The van der Waals surface area contributed by atoms with Gasteiger partial charge in [-0.3, -0.25) is 4.90 Å². The van der Waals surface area contributed by atoms with Gasteiger partial charge in [-0.1, -0.05) is 53.6 Å². The van der Waals surface area contributed by atoms with E-state index in [1.54, 1.807) is 0 Å². The van der Waals surface area contributed by atoms with Crippen molar-refractivity contribution in [2.45, 2.75) is 6.54 Å². The van der Waals surface area contributed by atoms with E-state index in [-0.39, 0.29) is 0 Å². The highest BCUT2D eigenvalue weighted by molar-refractivity contribution is 5.40. The molecule has 0 unspecified atom stereocenters. The molecule has 0 saturated carbocycles. The highest BCUT2D eigenvalue weighted by Gasteiger charge is 2.22. The van der Waals surface area contributed by atoms with Gasteiger partial charge in [0.25, 0.3) is 0 Å². The topological polar surface area (TPSA) is 53.3 Å². The molecule has 1 saturated heterocycles. The second-order valence-electron chi connectivity index (χ2n) is 7.28. The molecule has 0 radical (unpaired) electrons. The van der Waals surface area contributed by atoms with Gasteiger partial charge in [-0.25, -0.2) is 0 Å². The number of para-hydroxylation sites is 1. The molecule has 1 aliphatic rings. The zero-order chi connectivity index (χ0) is 19.2. The maximum atomic E-state index is 4.26. The Labute approximate surface area is 166 Å². The molecule has 2 heterocycles. The van der Waals surface area contributed by atoms with Crippen molar-refractivity contribution in [3.8, 4) is 5.69 Å². The number of piperazine rings is 1. The maximum Gasteiger partial charge on any atom is 0.250 e. The Morgan fingerprint density at radius 3 is 2.29 bits per heavy atom. The monoisotopic (exact) mass is 377 g/mol. The number of hydrogen-bond donors (Lipinski definition) is 0. The number of benzene rings is 2. The van der Waals surface area contributed by atoms with E-state index in [4.69, 9.17) is 0 Å². The number of anilines is 1. The average Bonchev–Trinajstić information content (AvgIpc) is 3.24. The lowest BCUT2D eigenvalue weighted by Gasteiger charge is -2.35. The van der Waals surface area contributed by atoms with Crippen LogP contribution in [0.3, 0.4) is 0 Å². The molecule has 1 aliphatic heterocycles. The second-order valence-corrected chi connectivity index (χ2v) is 7.28. The van der Waals surface area contributed by atoms with E-state index in [1.165, 1.54) is 5.56 Å². The third-order valence-corrected chi connectivity index (χ3v) is 5.20. The number of hydrogen-bond acceptors (Lipinski definition) is 6. The van der Waals surface area contributed by atoms with E-state index in [0.29, 0.717) is 0 Å². The summed E-state index contributed by atoms with van der Waals surface area (Å²) in [5.74, 6) is 0.826. The van der Waals surface area contributed by atoms with Crippen molar-refractivity contribution in [2.75, 3.05) is 51.2 Å². The first kappa shape index (κ1) is 18.6. The fraction of sp³-hybridized carbons (Fsp3) is 0.381. The SMILES string of the molecule is CN(CCN1CCN(c2nnnn2-c2ccccc2)CC1)Cc1ccccc1. The second kappa shape index (κ2) is 8.95. The molecule has 0 aliphatic carbocycles. The Hall–Kier alpha value is -2.77. The molecule has 7 heteroatoms. The Morgan fingerprint density at radius 2 is 1.57 bits per heavy atom. The molecule has 28 heavy (non-hydrogen) atoms. The number of likely N-dealkylation sites (N-methyl/N-ethyl adjacent to an activating group) is 1. The van der Waals surface area contributed by atoms with Gasteiger partial charge in [-0.15, -0.1) is 0 Å². The van der Waals surface area contributed by atoms with Crippen molar-refractivity contribution >= 4 is 5.95 Å². The van der Waals surface area contributed by atoms with E-state index >= 15 is 0 Å². The highest BCUT2D eigenvalue weighted by Crippen LogP contribution is 2.17. The van der Waals surface area contributed by atoms with Gasteiger partial charge in [-0.2, -0.15) is 4.68 Å². The van der Waals surface area contributed by atoms with E-state index in [0.717, 1.165) is 57.4 Å². The lowest BCUT2D eigenvalue weighted by atomic mass is 10.2. The summed E-state index contributed by atoms with van der Waals surface area (Å²) in [7, 11) is 2.19. The molecule has 0 N–H and O–H groups in total. The standard InChI is InChI=1S/C21H27N7/c1-25(18-19-8-4-2-5-9-19)12-13-26-14-16-27(17-15-26)21-22-23-24-28(21)20-10-6-3-7-11-20/h2-11H,12-18H2,1H3. The Morgan fingerprint density at radius 1 is 0.893 bits per heavy atom. The Kier molecular flexibility index (Phi) is 5.94. The molecule has 0 bridgehead atoms. The van der Waals surface area contributed by atoms with E-state index in [9.17, 15) is 0 Å². The van der Waals surface area contributed by atoms with Crippen molar-refractivity contribution in [1.29, 1.82) is 0 Å². The lowest BCUT2D eigenvalue weighted by molar-refractivity contribution is 0.211. The number of aromatic nitrogens is 4. The van der Waals surface area contributed by atoms with Crippen LogP contribution in [0.4, 0.5) is 5.95 Å². The molecule has 1 aromatic heterocycles. The largest absolute Gasteiger partial charge is 0.337 e. The summed E-state index contributed by atoms with van der Waals surface area (Å²) < 4.78 is 1.82. The molecule has 2 aromatic carbocycles. The molecule has 7 nitrogen and oxygen atoms in total. The summed E-state index contributed by atoms with van der Waals surface area (Å²) in [5, 5.41) is 12.3. The Bertz CT molecular complexity index is 841. The minimum Gasteiger partial charge on any atom is -0.337 e. The first-order chi connectivity index (χ1) is 13.8. The number of nitrogens with zero attached hydrogens (tertiary/aromatic N) is 7. The van der Waals surface area contributed by atoms with Gasteiger partial charge >= 0.3 is 0 Å². The molecule has 1 fully saturated rings. The number of tetrazole rings is 1. The van der Waals surface area contributed by atoms with Crippen LogP contribution in [0, 0.1) is 0 Å². The van der Waals surface area contributed by atoms with Crippen molar-refractivity contribution in [1.82, 2.24) is 30.0 Å². The van der Waals surface area contributed by atoms with Crippen molar-refractivity contribution in [3.05, 3.63) is 66.2 Å².